The van der Waals surface area contributed by atoms with Crippen LogP contribution in [0.2, 0.25) is 0 Å². The topological polar surface area (TPSA) is 12.4 Å². The molecule has 1 aromatic rings. The summed E-state index contributed by atoms with van der Waals surface area (Å²) in [5.41, 5.74) is 1.44. The molecule has 0 aromatic heterocycles. The van der Waals surface area contributed by atoms with Gasteiger partial charge in [0.2, 0.25) is 0 Å². The zero-order valence-electron chi connectivity index (χ0n) is 9.49. The van der Waals surface area contributed by atoms with Gasteiger partial charge in [0, 0.05) is 6.21 Å². The molecule has 14 heavy (non-hydrogen) atoms. The molecule has 1 atom stereocenters. The SMILES string of the molecule is CC(/N=C/C(C)(C)C)c1ccccc1. The maximum Gasteiger partial charge on any atom is 0.0717 e. The summed E-state index contributed by atoms with van der Waals surface area (Å²) < 4.78 is 0. The van der Waals surface area contributed by atoms with Gasteiger partial charge in [0.05, 0.1) is 6.04 Å². The van der Waals surface area contributed by atoms with Gasteiger partial charge in [-0.3, -0.25) is 4.99 Å². The predicted molar refractivity (Wildman–Crippen MR) is 62.8 cm³/mol. The molecule has 0 aliphatic carbocycles. The molecule has 1 heteroatoms. The van der Waals surface area contributed by atoms with Gasteiger partial charge in [-0.15, -0.1) is 0 Å². The molecule has 0 amide bonds. The molecule has 0 saturated heterocycles. The molecule has 0 bridgehead atoms. The second-order valence-corrected chi connectivity index (χ2v) is 4.73. The smallest absolute Gasteiger partial charge is 0.0717 e. The fourth-order valence-corrected chi connectivity index (χ4v) is 1.15. The Hall–Kier alpha value is -1.11. The Morgan fingerprint density at radius 2 is 1.71 bits per heavy atom. The molecule has 0 saturated carbocycles. The summed E-state index contributed by atoms with van der Waals surface area (Å²) in [7, 11) is 0. The van der Waals surface area contributed by atoms with Crippen LogP contribution in [0.15, 0.2) is 35.3 Å². The zero-order chi connectivity index (χ0) is 10.6. The van der Waals surface area contributed by atoms with Crippen LogP contribution in [0.3, 0.4) is 0 Å². The number of aliphatic imine (C=N–C) groups is 1. The molecular formula is C13H19N. The second-order valence-electron chi connectivity index (χ2n) is 4.73. The third-order valence-corrected chi connectivity index (χ3v) is 1.97. The lowest BCUT2D eigenvalue weighted by Gasteiger charge is -2.13. The van der Waals surface area contributed by atoms with Gasteiger partial charge in [-0.1, -0.05) is 51.1 Å². The van der Waals surface area contributed by atoms with E-state index in [0.717, 1.165) is 0 Å². The van der Waals surface area contributed by atoms with Crippen LogP contribution in [0.25, 0.3) is 0 Å². The molecule has 1 nitrogen and oxygen atoms in total. The van der Waals surface area contributed by atoms with E-state index in [-0.39, 0.29) is 11.5 Å². The third-order valence-electron chi connectivity index (χ3n) is 1.97. The summed E-state index contributed by atoms with van der Waals surface area (Å²) in [6.45, 7) is 8.61. The van der Waals surface area contributed by atoms with Crippen molar-refractivity contribution < 1.29 is 0 Å². The summed E-state index contributed by atoms with van der Waals surface area (Å²) >= 11 is 0. The molecule has 1 aromatic carbocycles. The first kappa shape index (κ1) is 11.0. The minimum absolute atomic E-state index is 0.170. The molecule has 0 spiro atoms. The predicted octanol–water partition coefficient (Wildman–Crippen LogP) is 3.86. The minimum atomic E-state index is 0.170. The fraction of sp³-hybridized carbons (Fsp3) is 0.462. The molecule has 0 radical (unpaired) electrons. The van der Waals surface area contributed by atoms with Crippen LogP contribution in [-0.4, -0.2) is 6.21 Å². The molecule has 0 N–H and O–H groups in total. The van der Waals surface area contributed by atoms with E-state index in [1.165, 1.54) is 5.56 Å². The summed E-state index contributed by atoms with van der Waals surface area (Å²) in [6.07, 6.45) is 2.03. The lowest BCUT2D eigenvalue weighted by atomic mass is 9.99. The quantitative estimate of drug-likeness (QED) is 0.626. The summed E-state index contributed by atoms with van der Waals surface area (Å²) in [5, 5.41) is 0. The van der Waals surface area contributed by atoms with Gasteiger partial charge in [0.15, 0.2) is 0 Å². The second kappa shape index (κ2) is 4.41. The zero-order valence-corrected chi connectivity index (χ0v) is 9.49. The average Bonchev–Trinajstić information content (AvgIpc) is 2.14. The maximum absolute atomic E-state index is 4.54. The first-order valence-electron chi connectivity index (χ1n) is 5.08. The highest BCUT2D eigenvalue weighted by Gasteiger charge is 2.07. The Labute approximate surface area is 86.9 Å². The van der Waals surface area contributed by atoms with Crippen molar-refractivity contribution in [3.8, 4) is 0 Å². The Morgan fingerprint density at radius 1 is 1.14 bits per heavy atom. The standard InChI is InChI=1S/C13H19N/c1-11(14-10-13(2,3)4)12-8-6-5-7-9-12/h5-11H,1-4H3/b14-10+. The van der Waals surface area contributed by atoms with E-state index in [4.69, 9.17) is 0 Å². The van der Waals surface area contributed by atoms with Crippen molar-refractivity contribution in [1.29, 1.82) is 0 Å². The van der Waals surface area contributed by atoms with Gasteiger partial charge in [-0.2, -0.15) is 0 Å². The van der Waals surface area contributed by atoms with Crippen LogP contribution < -0.4 is 0 Å². The Kier molecular flexibility index (Phi) is 3.45. The van der Waals surface area contributed by atoms with Crippen molar-refractivity contribution >= 4 is 6.21 Å². The minimum Gasteiger partial charge on any atom is -0.289 e. The van der Waals surface area contributed by atoms with Gasteiger partial charge in [-0.25, -0.2) is 0 Å². The van der Waals surface area contributed by atoms with Gasteiger partial charge in [0.25, 0.3) is 0 Å². The van der Waals surface area contributed by atoms with E-state index in [1.807, 2.05) is 12.3 Å². The Morgan fingerprint density at radius 3 is 2.21 bits per heavy atom. The molecule has 0 heterocycles. The Bertz CT molecular complexity index is 293. The number of rotatable bonds is 2. The molecule has 1 rings (SSSR count). The van der Waals surface area contributed by atoms with Crippen LogP contribution in [0.1, 0.15) is 39.3 Å². The van der Waals surface area contributed by atoms with Crippen molar-refractivity contribution in [2.45, 2.75) is 33.7 Å². The van der Waals surface area contributed by atoms with Crippen LogP contribution in [0.4, 0.5) is 0 Å². The van der Waals surface area contributed by atoms with E-state index in [2.05, 4.69) is 57.0 Å². The summed E-state index contributed by atoms with van der Waals surface area (Å²) in [4.78, 5) is 4.54. The Balaban J connectivity index is 2.69. The molecule has 0 aliphatic rings. The first-order valence-corrected chi connectivity index (χ1v) is 5.08. The number of hydrogen-bond donors (Lipinski definition) is 0. The normalized spacial score (nSPS) is 14.6. The molecule has 1 unspecified atom stereocenters. The van der Waals surface area contributed by atoms with E-state index in [9.17, 15) is 0 Å². The monoisotopic (exact) mass is 189 g/mol. The van der Waals surface area contributed by atoms with Crippen LogP contribution in [-0.2, 0) is 0 Å². The van der Waals surface area contributed by atoms with Crippen molar-refractivity contribution in [2.75, 3.05) is 0 Å². The number of nitrogens with zero attached hydrogens (tertiary/aromatic N) is 1. The molecule has 76 valence electrons. The van der Waals surface area contributed by atoms with Gasteiger partial charge in [-0.05, 0) is 17.9 Å². The van der Waals surface area contributed by atoms with Crippen LogP contribution in [0.5, 0.6) is 0 Å². The molecular weight excluding hydrogens is 170 g/mol. The lowest BCUT2D eigenvalue weighted by molar-refractivity contribution is 0.599. The van der Waals surface area contributed by atoms with Gasteiger partial charge in [0.1, 0.15) is 0 Å². The van der Waals surface area contributed by atoms with Gasteiger partial charge < -0.3 is 0 Å². The van der Waals surface area contributed by atoms with E-state index >= 15 is 0 Å². The van der Waals surface area contributed by atoms with E-state index in [0.29, 0.717) is 0 Å². The number of hydrogen-bond acceptors (Lipinski definition) is 1. The summed E-state index contributed by atoms with van der Waals surface area (Å²) in [6, 6.07) is 10.6. The lowest BCUT2D eigenvalue weighted by Crippen LogP contribution is -2.07. The van der Waals surface area contributed by atoms with E-state index in [1.54, 1.807) is 0 Å². The highest BCUT2D eigenvalue weighted by atomic mass is 14.8. The van der Waals surface area contributed by atoms with Gasteiger partial charge >= 0.3 is 0 Å². The average molecular weight is 189 g/mol. The largest absolute Gasteiger partial charge is 0.289 e. The summed E-state index contributed by atoms with van der Waals surface area (Å²) in [5.74, 6) is 0. The fourth-order valence-electron chi connectivity index (χ4n) is 1.15. The third kappa shape index (κ3) is 3.73. The van der Waals surface area contributed by atoms with E-state index < -0.39 is 0 Å². The maximum atomic E-state index is 4.54. The highest BCUT2D eigenvalue weighted by molar-refractivity contribution is 5.64. The number of benzene rings is 1. The highest BCUT2D eigenvalue weighted by Crippen LogP contribution is 2.17. The first-order chi connectivity index (χ1) is 6.49. The molecule has 0 fully saturated rings. The van der Waals surface area contributed by atoms with Crippen molar-refractivity contribution in [2.24, 2.45) is 10.4 Å². The molecule has 0 aliphatic heterocycles. The van der Waals surface area contributed by atoms with Crippen molar-refractivity contribution in [3.63, 3.8) is 0 Å². The van der Waals surface area contributed by atoms with Crippen LogP contribution >= 0.6 is 0 Å². The van der Waals surface area contributed by atoms with Crippen molar-refractivity contribution in [3.05, 3.63) is 35.9 Å². The van der Waals surface area contributed by atoms with Crippen LogP contribution in [0, 0.1) is 5.41 Å². The van der Waals surface area contributed by atoms with Crippen molar-refractivity contribution in [1.82, 2.24) is 0 Å².